The van der Waals surface area contributed by atoms with Gasteiger partial charge in [0.15, 0.2) is 0 Å². The number of nitrogens with zero attached hydrogens (tertiary/aromatic N) is 1. The molecule has 0 radical (unpaired) electrons. The molecule has 0 aliphatic rings. The van der Waals surface area contributed by atoms with Gasteiger partial charge in [-0.25, -0.2) is 0 Å². The Hall–Kier alpha value is -2.07. The second kappa shape index (κ2) is 9.85. The van der Waals surface area contributed by atoms with Gasteiger partial charge in [-0.1, -0.05) is 19.9 Å². The van der Waals surface area contributed by atoms with Crippen molar-refractivity contribution in [2.45, 2.75) is 40.7 Å². The van der Waals surface area contributed by atoms with Crippen molar-refractivity contribution in [2.75, 3.05) is 18.5 Å². The van der Waals surface area contributed by atoms with Crippen LogP contribution in [0.25, 0.3) is 0 Å². The number of hydrogen-bond donors (Lipinski definition) is 2. The van der Waals surface area contributed by atoms with Gasteiger partial charge in [-0.2, -0.15) is 0 Å². The zero-order valence-corrected chi connectivity index (χ0v) is 14.9. The van der Waals surface area contributed by atoms with Gasteiger partial charge >= 0.3 is 0 Å². The van der Waals surface area contributed by atoms with Crippen molar-refractivity contribution in [1.82, 2.24) is 4.98 Å². The lowest BCUT2D eigenvalue weighted by molar-refractivity contribution is 0.292. The van der Waals surface area contributed by atoms with Crippen LogP contribution in [0.15, 0.2) is 36.7 Å². The van der Waals surface area contributed by atoms with Crippen LogP contribution in [0.1, 0.15) is 30.5 Å². The molecule has 3 N–H and O–H groups in total. The Balaban J connectivity index is 0.00000127. The Morgan fingerprint density at radius 1 is 1.09 bits per heavy atom. The average Bonchev–Trinajstić information content (AvgIpc) is 2.56. The molecule has 0 saturated carbocycles. The number of nitrogens with one attached hydrogen (secondary N) is 1. The van der Waals surface area contributed by atoms with E-state index in [0.717, 1.165) is 17.0 Å². The lowest BCUT2D eigenvalue weighted by Gasteiger charge is -2.15. The minimum atomic E-state index is -0.0767. The van der Waals surface area contributed by atoms with E-state index in [9.17, 15) is 0 Å². The van der Waals surface area contributed by atoms with Gasteiger partial charge in [0.1, 0.15) is 12.4 Å². The summed E-state index contributed by atoms with van der Waals surface area (Å²) in [5, 5.41) is 3.34. The smallest absolute Gasteiger partial charge is 0.137 e. The minimum Gasteiger partial charge on any atom is -0.490 e. The molecular formula is C19H29N3O. The van der Waals surface area contributed by atoms with E-state index in [1.165, 1.54) is 11.1 Å². The van der Waals surface area contributed by atoms with Crippen LogP contribution >= 0.6 is 0 Å². The summed E-state index contributed by atoms with van der Waals surface area (Å²) in [6.45, 7) is 11.3. The molecule has 0 spiro atoms. The van der Waals surface area contributed by atoms with Crippen LogP contribution < -0.4 is 15.8 Å². The fraction of sp³-hybridized carbons (Fsp3) is 0.421. The lowest BCUT2D eigenvalue weighted by atomic mass is 10.1. The Morgan fingerprint density at radius 3 is 2.48 bits per heavy atom. The predicted molar refractivity (Wildman–Crippen MR) is 98.2 cm³/mol. The number of benzene rings is 1. The average molecular weight is 315 g/mol. The van der Waals surface area contributed by atoms with Crippen LogP contribution in [0.5, 0.6) is 5.75 Å². The Kier molecular flexibility index (Phi) is 8.13. The molecule has 0 aliphatic heterocycles. The van der Waals surface area contributed by atoms with Gasteiger partial charge in [-0.3, -0.25) is 4.98 Å². The monoisotopic (exact) mass is 315 g/mol. The molecule has 0 amide bonds. The molecule has 2 aromatic rings. The maximum absolute atomic E-state index is 6.07. The van der Waals surface area contributed by atoms with E-state index in [1.807, 2.05) is 26.8 Å². The van der Waals surface area contributed by atoms with Crippen molar-refractivity contribution < 1.29 is 4.74 Å². The van der Waals surface area contributed by atoms with Crippen LogP contribution in [0.4, 0.5) is 5.69 Å². The summed E-state index contributed by atoms with van der Waals surface area (Å²) in [6.07, 6.45) is 3.50. The zero-order valence-electron chi connectivity index (χ0n) is 14.9. The number of ether oxygens (including phenoxy) is 1. The molecule has 1 aromatic carbocycles. The third-order valence-corrected chi connectivity index (χ3v) is 3.39. The summed E-state index contributed by atoms with van der Waals surface area (Å²) in [6, 6.07) is 8.19. The summed E-state index contributed by atoms with van der Waals surface area (Å²) < 4.78 is 5.65. The molecule has 0 aliphatic carbocycles. The van der Waals surface area contributed by atoms with Crippen LogP contribution in [-0.2, 0) is 0 Å². The topological polar surface area (TPSA) is 60.2 Å². The molecule has 23 heavy (non-hydrogen) atoms. The van der Waals surface area contributed by atoms with Crippen molar-refractivity contribution in [3.63, 3.8) is 0 Å². The SMILES string of the molecule is CC.Cc1cncc(OCC(N)CNc2ccc(C)c(C)c2)c1. The quantitative estimate of drug-likeness (QED) is 0.850. The lowest BCUT2D eigenvalue weighted by Crippen LogP contribution is -2.35. The molecule has 126 valence electrons. The first-order valence-electron chi connectivity index (χ1n) is 8.16. The maximum Gasteiger partial charge on any atom is 0.137 e. The van der Waals surface area contributed by atoms with Crippen LogP contribution in [0.2, 0.25) is 0 Å². The highest BCUT2D eigenvalue weighted by Gasteiger charge is 2.05. The molecule has 2 rings (SSSR count). The van der Waals surface area contributed by atoms with E-state index in [2.05, 4.69) is 42.3 Å². The van der Waals surface area contributed by atoms with Gasteiger partial charge in [0.2, 0.25) is 0 Å². The first-order valence-corrected chi connectivity index (χ1v) is 8.16. The summed E-state index contributed by atoms with van der Waals surface area (Å²) >= 11 is 0. The van der Waals surface area contributed by atoms with E-state index in [4.69, 9.17) is 10.5 Å². The zero-order chi connectivity index (χ0) is 17.2. The molecule has 4 heteroatoms. The van der Waals surface area contributed by atoms with E-state index < -0.39 is 0 Å². The molecule has 0 fully saturated rings. The van der Waals surface area contributed by atoms with E-state index >= 15 is 0 Å². The number of pyridine rings is 1. The van der Waals surface area contributed by atoms with Gasteiger partial charge in [0.25, 0.3) is 0 Å². The number of rotatable bonds is 6. The molecule has 1 heterocycles. The summed E-state index contributed by atoms with van der Waals surface area (Å²) in [4.78, 5) is 4.09. The number of aromatic nitrogens is 1. The molecule has 4 nitrogen and oxygen atoms in total. The van der Waals surface area contributed by atoms with Gasteiger partial charge in [0, 0.05) is 18.4 Å². The largest absolute Gasteiger partial charge is 0.490 e. The minimum absolute atomic E-state index is 0.0767. The van der Waals surface area contributed by atoms with Crippen LogP contribution in [0.3, 0.4) is 0 Å². The third-order valence-electron chi connectivity index (χ3n) is 3.39. The molecule has 0 bridgehead atoms. The molecular weight excluding hydrogens is 286 g/mol. The number of nitrogens with two attached hydrogens (primary N) is 1. The predicted octanol–water partition coefficient (Wildman–Crippen LogP) is 3.85. The fourth-order valence-electron chi connectivity index (χ4n) is 1.97. The number of aryl methyl sites for hydroxylation is 3. The van der Waals surface area contributed by atoms with Crippen molar-refractivity contribution in [3.8, 4) is 5.75 Å². The van der Waals surface area contributed by atoms with E-state index in [1.54, 1.807) is 12.4 Å². The van der Waals surface area contributed by atoms with E-state index in [-0.39, 0.29) is 6.04 Å². The van der Waals surface area contributed by atoms with Gasteiger partial charge in [0.05, 0.1) is 12.2 Å². The molecule has 1 aromatic heterocycles. The molecule has 1 unspecified atom stereocenters. The Morgan fingerprint density at radius 2 is 1.83 bits per heavy atom. The number of hydrogen-bond acceptors (Lipinski definition) is 4. The standard InChI is InChI=1S/C17H23N3O.C2H6/c1-12-6-17(10-19-8-12)21-11-15(18)9-20-16-5-4-13(2)14(3)7-16;1-2/h4-8,10,15,20H,9,11,18H2,1-3H3;1-2H3. The number of anilines is 1. The van der Waals surface area contributed by atoms with E-state index in [0.29, 0.717) is 13.2 Å². The third kappa shape index (κ3) is 6.70. The van der Waals surface area contributed by atoms with Crippen LogP contribution in [0, 0.1) is 20.8 Å². The molecule has 0 saturated heterocycles. The normalized spacial score (nSPS) is 11.2. The Labute approximate surface area is 140 Å². The van der Waals surface area contributed by atoms with Gasteiger partial charge in [-0.15, -0.1) is 0 Å². The highest BCUT2D eigenvalue weighted by atomic mass is 16.5. The highest BCUT2D eigenvalue weighted by Crippen LogP contribution is 2.14. The highest BCUT2D eigenvalue weighted by molar-refractivity contribution is 5.48. The van der Waals surface area contributed by atoms with Gasteiger partial charge < -0.3 is 15.8 Å². The fourth-order valence-corrected chi connectivity index (χ4v) is 1.97. The van der Waals surface area contributed by atoms with Gasteiger partial charge in [-0.05, 0) is 55.7 Å². The second-order valence-electron chi connectivity index (χ2n) is 5.45. The summed E-state index contributed by atoms with van der Waals surface area (Å²) in [7, 11) is 0. The second-order valence-corrected chi connectivity index (χ2v) is 5.45. The van der Waals surface area contributed by atoms with Crippen molar-refractivity contribution >= 4 is 5.69 Å². The first-order chi connectivity index (χ1) is 11.0. The maximum atomic E-state index is 6.07. The molecule has 1 atom stereocenters. The Bertz CT molecular complexity index is 599. The summed E-state index contributed by atoms with van der Waals surface area (Å²) in [5.41, 5.74) is 10.8. The first kappa shape index (κ1) is 19.0. The van der Waals surface area contributed by atoms with Crippen molar-refractivity contribution in [3.05, 3.63) is 53.3 Å². The van der Waals surface area contributed by atoms with Crippen LogP contribution in [-0.4, -0.2) is 24.2 Å². The van der Waals surface area contributed by atoms with Crippen molar-refractivity contribution in [2.24, 2.45) is 5.73 Å². The van der Waals surface area contributed by atoms with Crippen molar-refractivity contribution in [1.29, 1.82) is 0 Å². The summed E-state index contributed by atoms with van der Waals surface area (Å²) in [5.74, 6) is 0.761.